The Morgan fingerprint density at radius 1 is 0.593 bits per heavy atom. The molecule has 2 aromatic carbocycles. The summed E-state index contributed by atoms with van der Waals surface area (Å²) in [4.78, 5) is 0. The normalized spacial score (nSPS) is 12.7. The Kier molecular flexibility index (Phi) is 5.42. The van der Waals surface area contributed by atoms with E-state index in [2.05, 4.69) is 13.8 Å². The molecule has 0 aromatic heterocycles. The summed E-state index contributed by atoms with van der Waals surface area (Å²) in [7, 11) is 0. The molecule has 0 atom stereocenters. The van der Waals surface area contributed by atoms with Crippen LogP contribution in [-0.2, 0) is 5.41 Å². The molecule has 0 heterocycles. The molecule has 0 aliphatic rings. The van der Waals surface area contributed by atoms with Crippen LogP contribution in [-0.4, -0.2) is 21.4 Å². The molecule has 0 fully saturated rings. The highest BCUT2D eigenvalue weighted by Crippen LogP contribution is 2.44. The molecule has 0 aliphatic heterocycles. The minimum absolute atomic E-state index is 0.158. The fourth-order valence-corrected chi connectivity index (χ4v) is 3.03. The molecule has 4 nitrogen and oxygen atoms in total. The summed E-state index contributed by atoms with van der Waals surface area (Å²) in [6, 6.07) is 10.4. The lowest BCUT2D eigenvalue weighted by molar-refractivity contribution is 0.125. The maximum atomic E-state index is 9.98. The Morgan fingerprint density at radius 3 is 1.22 bits per heavy atom. The predicted molar refractivity (Wildman–Crippen MR) is 109 cm³/mol. The van der Waals surface area contributed by atoms with Crippen LogP contribution in [0, 0.1) is 0 Å². The summed E-state index contributed by atoms with van der Waals surface area (Å²) in [5.74, 6) is 1.57. The molecule has 0 aliphatic carbocycles. The number of phenols is 2. The van der Waals surface area contributed by atoms with Gasteiger partial charge in [0.05, 0.1) is 0 Å². The topological polar surface area (TPSA) is 58.9 Å². The van der Waals surface area contributed by atoms with Crippen molar-refractivity contribution >= 4 is 0 Å². The van der Waals surface area contributed by atoms with E-state index in [1.807, 2.05) is 53.7 Å². The van der Waals surface area contributed by atoms with Gasteiger partial charge >= 0.3 is 0 Å². The molecule has 27 heavy (non-hydrogen) atoms. The van der Waals surface area contributed by atoms with E-state index in [9.17, 15) is 10.2 Å². The van der Waals surface area contributed by atoms with Crippen molar-refractivity contribution < 1.29 is 19.7 Å². The summed E-state index contributed by atoms with van der Waals surface area (Å²) in [6.07, 6.45) is 0. The number of hydrogen-bond acceptors (Lipinski definition) is 4. The van der Waals surface area contributed by atoms with Gasteiger partial charge in [0.1, 0.15) is 34.2 Å². The number of rotatable bonds is 4. The Balaban J connectivity index is 2.63. The first-order valence-electron chi connectivity index (χ1n) is 9.24. The molecule has 0 spiro atoms. The molecule has 0 radical (unpaired) electrons. The van der Waals surface area contributed by atoms with Crippen molar-refractivity contribution in [1.29, 1.82) is 0 Å². The maximum Gasteiger partial charge on any atom is 0.127 e. The lowest BCUT2D eigenvalue weighted by Gasteiger charge is -2.34. The van der Waals surface area contributed by atoms with Gasteiger partial charge in [-0.3, -0.25) is 0 Å². The standard InChI is InChI=1S/C23H32O4/c1-21(2,3)26-19-13-15(24)9-11-17(19)23(7,8)18-12-10-16(25)14-20(18)27-22(4,5)6/h9-14,24-25H,1-8H3. The highest BCUT2D eigenvalue weighted by molar-refractivity contribution is 5.54. The molecule has 0 bridgehead atoms. The van der Waals surface area contributed by atoms with Crippen LogP contribution in [0.25, 0.3) is 0 Å². The van der Waals surface area contributed by atoms with E-state index in [1.165, 1.54) is 0 Å². The summed E-state index contributed by atoms with van der Waals surface area (Å²) in [6.45, 7) is 16.0. The Labute approximate surface area is 162 Å². The Morgan fingerprint density at radius 2 is 0.926 bits per heavy atom. The van der Waals surface area contributed by atoms with Gasteiger partial charge < -0.3 is 19.7 Å². The van der Waals surface area contributed by atoms with Crippen LogP contribution in [0.2, 0.25) is 0 Å². The minimum Gasteiger partial charge on any atom is -0.508 e. The second kappa shape index (κ2) is 6.99. The number of benzene rings is 2. The molecular weight excluding hydrogens is 340 g/mol. The first kappa shape index (κ1) is 20.9. The van der Waals surface area contributed by atoms with Gasteiger partial charge in [0.2, 0.25) is 0 Å². The molecule has 0 saturated heterocycles. The van der Waals surface area contributed by atoms with E-state index in [-0.39, 0.29) is 11.5 Å². The van der Waals surface area contributed by atoms with Crippen molar-refractivity contribution in [3.63, 3.8) is 0 Å². The maximum absolute atomic E-state index is 9.98. The summed E-state index contributed by atoms with van der Waals surface area (Å²) in [5, 5.41) is 20.0. The van der Waals surface area contributed by atoms with Gasteiger partial charge in [0.25, 0.3) is 0 Å². The molecule has 0 unspecified atom stereocenters. The fraction of sp³-hybridized carbons (Fsp3) is 0.478. The molecule has 2 aromatic rings. The lowest BCUT2D eigenvalue weighted by Crippen LogP contribution is -2.29. The number of hydrogen-bond donors (Lipinski definition) is 2. The van der Waals surface area contributed by atoms with Crippen LogP contribution in [0.15, 0.2) is 36.4 Å². The van der Waals surface area contributed by atoms with Crippen LogP contribution in [0.3, 0.4) is 0 Å². The number of ether oxygens (including phenoxy) is 2. The van der Waals surface area contributed by atoms with Crippen molar-refractivity contribution in [2.45, 2.75) is 72.0 Å². The third-order valence-corrected chi connectivity index (χ3v) is 4.11. The Hall–Kier alpha value is -2.36. The van der Waals surface area contributed by atoms with Crippen molar-refractivity contribution in [3.8, 4) is 23.0 Å². The van der Waals surface area contributed by atoms with E-state index < -0.39 is 16.6 Å². The quantitative estimate of drug-likeness (QED) is 0.714. The lowest BCUT2D eigenvalue weighted by atomic mass is 9.77. The third kappa shape index (κ3) is 5.31. The zero-order valence-corrected chi connectivity index (χ0v) is 17.7. The van der Waals surface area contributed by atoms with Crippen LogP contribution in [0.5, 0.6) is 23.0 Å². The first-order chi connectivity index (χ1) is 12.2. The van der Waals surface area contributed by atoms with Gasteiger partial charge in [-0.1, -0.05) is 26.0 Å². The molecule has 2 rings (SSSR count). The van der Waals surface area contributed by atoms with Crippen LogP contribution in [0.1, 0.15) is 66.5 Å². The smallest absolute Gasteiger partial charge is 0.127 e. The number of aromatic hydroxyl groups is 2. The van der Waals surface area contributed by atoms with Crippen molar-refractivity contribution in [2.24, 2.45) is 0 Å². The fourth-order valence-electron chi connectivity index (χ4n) is 3.03. The van der Waals surface area contributed by atoms with E-state index in [0.29, 0.717) is 11.5 Å². The summed E-state index contributed by atoms with van der Waals surface area (Å²) >= 11 is 0. The SMILES string of the molecule is CC(C)(C)Oc1cc(O)ccc1C(C)(C)c1ccc(O)cc1OC(C)(C)C. The second-order valence-electron chi connectivity index (χ2n) is 9.41. The van der Waals surface area contributed by atoms with Gasteiger partial charge in [0.15, 0.2) is 0 Å². The van der Waals surface area contributed by atoms with E-state index in [4.69, 9.17) is 9.47 Å². The highest BCUT2D eigenvalue weighted by Gasteiger charge is 2.32. The van der Waals surface area contributed by atoms with Crippen LogP contribution >= 0.6 is 0 Å². The first-order valence-corrected chi connectivity index (χ1v) is 9.24. The average molecular weight is 373 g/mol. The summed E-state index contributed by atoms with van der Waals surface area (Å²) < 4.78 is 12.3. The zero-order chi connectivity index (χ0) is 20.6. The van der Waals surface area contributed by atoms with Gasteiger partial charge in [0, 0.05) is 28.7 Å². The Bertz CT molecular complexity index is 741. The van der Waals surface area contributed by atoms with Gasteiger partial charge in [-0.2, -0.15) is 0 Å². The monoisotopic (exact) mass is 372 g/mol. The van der Waals surface area contributed by atoms with E-state index in [0.717, 1.165) is 11.1 Å². The van der Waals surface area contributed by atoms with Crippen LogP contribution < -0.4 is 9.47 Å². The molecular formula is C23H32O4. The van der Waals surface area contributed by atoms with Crippen molar-refractivity contribution in [3.05, 3.63) is 47.5 Å². The van der Waals surface area contributed by atoms with Gasteiger partial charge in [-0.05, 0) is 53.7 Å². The summed E-state index contributed by atoms with van der Waals surface area (Å²) in [5.41, 5.74) is 0.568. The molecule has 4 heteroatoms. The largest absolute Gasteiger partial charge is 0.508 e. The van der Waals surface area contributed by atoms with Crippen molar-refractivity contribution in [2.75, 3.05) is 0 Å². The van der Waals surface area contributed by atoms with E-state index in [1.54, 1.807) is 24.3 Å². The van der Waals surface area contributed by atoms with E-state index >= 15 is 0 Å². The average Bonchev–Trinajstić information content (AvgIpc) is 2.43. The number of phenolic OH excluding ortho intramolecular Hbond substituents is 2. The highest BCUT2D eigenvalue weighted by atomic mass is 16.5. The molecule has 0 saturated carbocycles. The molecule has 148 valence electrons. The second-order valence-corrected chi connectivity index (χ2v) is 9.41. The zero-order valence-electron chi connectivity index (χ0n) is 17.7. The molecule has 0 amide bonds. The van der Waals surface area contributed by atoms with Gasteiger partial charge in [-0.25, -0.2) is 0 Å². The van der Waals surface area contributed by atoms with Gasteiger partial charge in [-0.15, -0.1) is 0 Å². The van der Waals surface area contributed by atoms with Crippen molar-refractivity contribution in [1.82, 2.24) is 0 Å². The minimum atomic E-state index is -0.484. The third-order valence-electron chi connectivity index (χ3n) is 4.11. The molecule has 2 N–H and O–H groups in total. The van der Waals surface area contributed by atoms with Crippen LogP contribution in [0.4, 0.5) is 0 Å². The predicted octanol–water partition coefficient (Wildman–Crippen LogP) is 5.78.